The topological polar surface area (TPSA) is 0 Å². The molecule has 0 aromatic carbocycles. The van der Waals surface area contributed by atoms with Crippen LogP contribution in [0.25, 0.3) is 0 Å². The predicted octanol–water partition coefficient (Wildman–Crippen LogP) is 1.98. The van der Waals surface area contributed by atoms with E-state index in [1.165, 1.54) is 13.1 Å². The zero-order valence-electron chi connectivity index (χ0n) is 7.57. The molecule has 0 aliphatic heterocycles. The predicted molar refractivity (Wildman–Crippen MR) is 42.3 cm³/mol. The highest BCUT2D eigenvalue weighted by Gasteiger charge is 2.06. The maximum atomic E-state index is 9.67. The van der Waals surface area contributed by atoms with Gasteiger partial charge in [-0.25, -0.2) is 0 Å². The summed E-state index contributed by atoms with van der Waals surface area (Å²) in [5.74, 6) is 0. The van der Waals surface area contributed by atoms with Crippen molar-refractivity contribution in [1.82, 2.24) is 0 Å². The van der Waals surface area contributed by atoms with Gasteiger partial charge in [0.2, 0.25) is 0 Å². The molecule has 0 saturated carbocycles. The third-order valence-corrected chi connectivity index (χ3v) is 1.71. The van der Waals surface area contributed by atoms with E-state index in [0.29, 0.717) is 0 Å². The van der Waals surface area contributed by atoms with E-state index in [0.717, 1.165) is 4.48 Å². The van der Waals surface area contributed by atoms with Gasteiger partial charge in [-0.1, -0.05) is 0 Å². The van der Waals surface area contributed by atoms with Gasteiger partial charge >= 0.3 is 7.54 Å². The van der Waals surface area contributed by atoms with Gasteiger partial charge in [0.25, 0.3) is 0 Å². The van der Waals surface area contributed by atoms with Crippen LogP contribution in [0.1, 0.15) is 13.8 Å². The second kappa shape index (κ2) is 6.52. The van der Waals surface area contributed by atoms with Gasteiger partial charge in [0.15, 0.2) is 0 Å². The van der Waals surface area contributed by atoms with Gasteiger partial charge < -0.3 is 4.48 Å². The van der Waals surface area contributed by atoms with E-state index in [2.05, 4.69) is 27.9 Å². The highest BCUT2D eigenvalue weighted by molar-refractivity contribution is 6.33. The molecule has 0 spiro atoms. The van der Waals surface area contributed by atoms with Crippen LogP contribution < -0.4 is 0 Å². The summed E-state index contributed by atoms with van der Waals surface area (Å²) >= 11 is 0. The molecule has 0 rings (SSSR count). The van der Waals surface area contributed by atoms with Gasteiger partial charge in [0.05, 0.1) is 27.2 Å². The maximum absolute atomic E-state index is 9.67. The fourth-order valence-electron chi connectivity index (χ4n) is 0.224. The van der Waals surface area contributed by atoms with Crippen molar-refractivity contribution in [1.29, 1.82) is 0 Å². The number of quaternary nitrogens is 1. The van der Waals surface area contributed by atoms with E-state index >= 15 is 0 Å². The fourth-order valence-corrected chi connectivity index (χ4v) is 0.224. The Morgan fingerprint density at radius 2 is 1.18 bits per heavy atom. The fraction of sp³-hybridized carbons (Fsp3) is 1.00. The van der Waals surface area contributed by atoms with E-state index in [-0.39, 0.29) is 0 Å². The van der Waals surface area contributed by atoms with Gasteiger partial charge in [-0.2, -0.15) is 0 Å². The van der Waals surface area contributed by atoms with Gasteiger partial charge in [0, 0.05) is 0 Å². The molecule has 68 valence electrons. The molecule has 0 amide bonds. The molecule has 0 fully saturated rings. The Labute approximate surface area is 67.0 Å². The van der Waals surface area contributed by atoms with E-state index in [1.54, 1.807) is 0 Å². The zero-order valence-corrected chi connectivity index (χ0v) is 7.57. The van der Waals surface area contributed by atoms with Gasteiger partial charge in [-0.3, -0.25) is 12.9 Å². The average Bonchev–Trinajstić information content (AvgIpc) is 1.87. The third kappa shape index (κ3) is 17.7. The van der Waals surface area contributed by atoms with Crippen molar-refractivity contribution in [3.63, 3.8) is 0 Å². The molecule has 0 heterocycles. The van der Waals surface area contributed by atoms with E-state index in [9.17, 15) is 12.9 Å². The van der Waals surface area contributed by atoms with Crippen molar-refractivity contribution >= 4 is 7.54 Å². The summed E-state index contributed by atoms with van der Waals surface area (Å²) in [6.07, 6.45) is 0. The van der Waals surface area contributed by atoms with Crippen molar-refractivity contribution in [2.24, 2.45) is 0 Å². The molecule has 0 aliphatic rings. The minimum absolute atomic E-state index is 1.14. The van der Waals surface area contributed by atoms with Crippen molar-refractivity contribution in [3.05, 3.63) is 0 Å². The average molecular weight is 170 g/mol. The summed E-state index contributed by atoms with van der Waals surface area (Å²) < 4.78 is 30.1. The van der Waals surface area contributed by atoms with Crippen LogP contribution in [0.3, 0.4) is 0 Å². The summed E-state index contributed by atoms with van der Waals surface area (Å²) in [4.78, 5) is 0. The lowest BCUT2D eigenvalue weighted by molar-refractivity contribution is -0.886. The minimum atomic E-state index is -3.67. The minimum Gasteiger partial charge on any atom is -0.329 e. The van der Waals surface area contributed by atoms with Crippen molar-refractivity contribution in [2.45, 2.75) is 13.8 Å². The first-order valence-electron chi connectivity index (χ1n) is 3.60. The zero-order chi connectivity index (χ0) is 9.49. The standard InChI is InChI=1S/C6H16N.BF3/c1-5-7(3,4)6-2;2-1(3)4/h5-6H2,1-4H3;/q+1;. The largest absolute Gasteiger partial charge is 0.762 e. The van der Waals surface area contributed by atoms with Gasteiger partial charge in [-0.15, -0.1) is 0 Å². The Hall–Kier alpha value is -0.185. The Kier molecular flexibility index (Phi) is 7.95. The molecule has 11 heavy (non-hydrogen) atoms. The summed E-state index contributed by atoms with van der Waals surface area (Å²) in [7, 11) is 0.806. The first-order chi connectivity index (χ1) is 4.85. The molecule has 0 unspecified atom stereocenters. The summed E-state index contributed by atoms with van der Waals surface area (Å²) in [6, 6.07) is 0. The molecule has 0 N–H and O–H groups in total. The van der Waals surface area contributed by atoms with E-state index < -0.39 is 7.54 Å². The lowest BCUT2D eigenvalue weighted by Gasteiger charge is -2.25. The van der Waals surface area contributed by atoms with Crippen LogP contribution in [0.4, 0.5) is 12.9 Å². The molecule has 1 nitrogen and oxygen atoms in total. The van der Waals surface area contributed by atoms with Crippen LogP contribution >= 0.6 is 0 Å². The SMILES string of the molecule is CC[N+](C)(C)CC.FB(F)F. The number of hydrogen-bond donors (Lipinski definition) is 0. The summed E-state index contributed by atoms with van der Waals surface area (Å²) in [5, 5.41) is 0. The van der Waals surface area contributed by atoms with E-state index in [4.69, 9.17) is 0 Å². The molecule has 0 radical (unpaired) electrons. The molecule has 0 aliphatic carbocycles. The third-order valence-electron chi connectivity index (χ3n) is 1.71. The Morgan fingerprint density at radius 1 is 1.00 bits per heavy atom. The smallest absolute Gasteiger partial charge is 0.329 e. The summed E-state index contributed by atoms with van der Waals surface area (Å²) in [6.45, 7) is 6.89. The Morgan fingerprint density at radius 3 is 1.18 bits per heavy atom. The van der Waals surface area contributed by atoms with Crippen LogP contribution in [0.5, 0.6) is 0 Å². The lowest BCUT2D eigenvalue weighted by Crippen LogP contribution is -2.38. The number of hydrogen-bond acceptors (Lipinski definition) is 0. The van der Waals surface area contributed by atoms with Crippen LogP contribution in [-0.4, -0.2) is 39.2 Å². The molecule has 0 aromatic rings. The molecule has 5 heteroatoms. The second-order valence-corrected chi connectivity index (χ2v) is 2.82. The van der Waals surface area contributed by atoms with Crippen molar-refractivity contribution in [2.75, 3.05) is 27.2 Å². The van der Waals surface area contributed by atoms with E-state index in [1.807, 2.05) is 0 Å². The highest BCUT2D eigenvalue weighted by atomic mass is 19.4. The molecule has 0 saturated heterocycles. The number of nitrogens with zero attached hydrogens (tertiary/aromatic N) is 1. The molecular weight excluding hydrogens is 154 g/mol. The van der Waals surface area contributed by atoms with Crippen LogP contribution in [0.2, 0.25) is 0 Å². The maximum Gasteiger partial charge on any atom is 0.762 e. The normalized spacial score (nSPS) is 10.1. The monoisotopic (exact) mass is 170 g/mol. The van der Waals surface area contributed by atoms with Gasteiger partial charge in [0.1, 0.15) is 0 Å². The molecule has 0 aromatic heterocycles. The van der Waals surface area contributed by atoms with Crippen molar-refractivity contribution < 1.29 is 17.4 Å². The Bertz CT molecular complexity index is 79.1. The molecular formula is C6H16BF3N+. The number of halogens is 3. The van der Waals surface area contributed by atoms with Crippen molar-refractivity contribution in [3.8, 4) is 0 Å². The van der Waals surface area contributed by atoms with Crippen LogP contribution in [0, 0.1) is 0 Å². The lowest BCUT2D eigenvalue weighted by atomic mass is 10.5. The Balaban J connectivity index is 0. The number of rotatable bonds is 2. The molecule has 0 atom stereocenters. The summed E-state index contributed by atoms with van der Waals surface area (Å²) in [5.41, 5.74) is 0. The first kappa shape index (κ1) is 13.4. The molecule has 0 bridgehead atoms. The second-order valence-electron chi connectivity index (χ2n) is 2.82. The van der Waals surface area contributed by atoms with Crippen LogP contribution in [-0.2, 0) is 0 Å². The van der Waals surface area contributed by atoms with Crippen LogP contribution in [0.15, 0.2) is 0 Å². The highest BCUT2D eigenvalue weighted by Crippen LogP contribution is 1.91. The quantitative estimate of drug-likeness (QED) is 0.439. The van der Waals surface area contributed by atoms with Gasteiger partial charge in [-0.05, 0) is 13.8 Å². The first-order valence-corrected chi connectivity index (χ1v) is 3.60.